The Morgan fingerprint density at radius 2 is 1.92 bits per heavy atom. The van der Waals surface area contributed by atoms with E-state index in [9.17, 15) is 9.59 Å². The molecule has 3 fully saturated rings. The number of rotatable bonds is 3. The second kappa shape index (κ2) is 6.09. The molecule has 3 unspecified atom stereocenters. The molecule has 136 valence electrons. The van der Waals surface area contributed by atoms with Crippen LogP contribution < -0.4 is 0 Å². The SMILES string of the molecule is Cc1nc(C(C)N2C3CCC2CN(C(=O)[C@H]2CCC(=O)N2C)C3)no1. The molecule has 0 spiro atoms. The molecular weight excluding hydrogens is 322 g/mol. The number of carbonyl (C=O) groups is 2. The quantitative estimate of drug-likeness (QED) is 0.802. The summed E-state index contributed by atoms with van der Waals surface area (Å²) in [6.07, 6.45) is 3.28. The molecule has 1 aromatic rings. The van der Waals surface area contributed by atoms with Crippen molar-refractivity contribution in [3.63, 3.8) is 0 Å². The van der Waals surface area contributed by atoms with E-state index in [1.807, 2.05) is 4.90 Å². The lowest BCUT2D eigenvalue weighted by Crippen LogP contribution is -2.58. The van der Waals surface area contributed by atoms with Crippen LogP contribution in [0.2, 0.25) is 0 Å². The molecule has 2 amide bonds. The Morgan fingerprint density at radius 1 is 1.24 bits per heavy atom. The van der Waals surface area contributed by atoms with Gasteiger partial charge in [-0.1, -0.05) is 5.16 Å². The molecule has 2 bridgehead atoms. The zero-order valence-corrected chi connectivity index (χ0v) is 15.0. The van der Waals surface area contributed by atoms with Crippen molar-refractivity contribution < 1.29 is 14.1 Å². The Bertz CT molecular complexity index is 676. The van der Waals surface area contributed by atoms with Crippen LogP contribution in [0.4, 0.5) is 0 Å². The average molecular weight is 347 g/mol. The van der Waals surface area contributed by atoms with E-state index in [4.69, 9.17) is 4.52 Å². The van der Waals surface area contributed by atoms with Crippen LogP contribution in [0.1, 0.15) is 50.4 Å². The summed E-state index contributed by atoms with van der Waals surface area (Å²) in [4.78, 5) is 35.0. The van der Waals surface area contributed by atoms with E-state index < -0.39 is 0 Å². The number of carbonyl (C=O) groups excluding carboxylic acids is 2. The van der Waals surface area contributed by atoms with E-state index in [0.29, 0.717) is 30.8 Å². The minimum atomic E-state index is -0.282. The molecule has 4 heterocycles. The second-order valence-electron chi connectivity index (χ2n) is 7.48. The van der Waals surface area contributed by atoms with Gasteiger partial charge in [0.25, 0.3) is 0 Å². The summed E-state index contributed by atoms with van der Waals surface area (Å²) in [7, 11) is 1.74. The summed E-state index contributed by atoms with van der Waals surface area (Å²) in [6, 6.07) is 0.441. The van der Waals surface area contributed by atoms with Gasteiger partial charge in [0.15, 0.2) is 5.82 Å². The van der Waals surface area contributed by atoms with Gasteiger partial charge in [-0.05, 0) is 26.2 Å². The molecular formula is C17H25N5O3. The minimum absolute atomic E-state index is 0.0704. The molecule has 25 heavy (non-hydrogen) atoms. The lowest BCUT2D eigenvalue weighted by molar-refractivity contribution is -0.143. The van der Waals surface area contributed by atoms with Gasteiger partial charge < -0.3 is 14.3 Å². The van der Waals surface area contributed by atoms with Crippen LogP contribution in [0.3, 0.4) is 0 Å². The molecule has 1 aromatic heterocycles. The highest BCUT2D eigenvalue weighted by molar-refractivity contribution is 5.90. The van der Waals surface area contributed by atoms with E-state index in [-0.39, 0.29) is 23.9 Å². The van der Waals surface area contributed by atoms with Crippen LogP contribution in [0.25, 0.3) is 0 Å². The van der Waals surface area contributed by atoms with Gasteiger partial charge in [0.1, 0.15) is 6.04 Å². The molecule has 3 saturated heterocycles. The normalized spacial score (nSPS) is 31.0. The summed E-state index contributed by atoms with van der Waals surface area (Å²) in [5.74, 6) is 1.47. The maximum absolute atomic E-state index is 12.9. The largest absolute Gasteiger partial charge is 0.340 e. The van der Waals surface area contributed by atoms with Gasteiger partial charge in [-0.25, -0.2) is 0 Å². The lowest BCUT2D eigenvalue weighted by Gasteiger charge is -2.44. The van der Waals surface area contributed by atoms with Crippen LogP contribution in [0.15, 0.2) is 4.52 Å². The molecule has 3 aliphatic rings. The third kappa shape index (κ3) is 2.72. The van der Waals surface area contributed by atoms with Gasteiger partial charge in [-0.2, -0.15) is 4.98 Å². The Balaban J connectivity index is 1.46. The molecule has 3 aliphatic heterocycles. The van der Waals surface area contributed by atoms with Gasteiger partial charge in [-0.3, -0.25) is 14.5 Å². The lowest BCUT2D eigenvalue weighted by atomic mass is 10.1. The van der Waals surface area contributed by atoms with Crippen molar-refractivity contribution in [1.82, 2.24) is 24.8 Å². The number of fused-ring (bicyclic) bond motifs is 2. The van der Waals surface area contributed by atoms with Crippen LogP contribution in [-0.2, 0) is 9.59 Å². The smallest absolute Gasteiger partial charge is 0.245 e. The summed E-state index contributed by atoms with van der Waals surface area (Å²) >= 11 is 0. The molecule has 0 N–H and O–H groups in total. The average Bonchev–Trinajstić information content (AvgIpc) is 3.24. The standard InChI is InChI=1S/C17H25N5O3/c1-10(16-18-11(2)25-19-16)22-12-4-5-13(22)9-21(8-12)17(24)14-6-7-15(23)20(14)3/h10,12-14H,4-9H2,1-3H3/t10?,12?,13?,14-/m1/s1. The van der Waals surface area contributed by atoms with E-state index >= 15 is 0 Å². The Kier molecular flexibility index (Phi) is 4.02. The number of likely N-dealkylation sites (N-methyl/N-ethyl adjacent to an activating group) is 1. The maximum atomic E-state index is 12.9. The van der Waals surface area contributed by atoms with Gasteiger partial charge >= 0.3 is 0 Å². The highest BCUT2D eigenvalue weighted by Gasteiger charge is 2.46. The predicted octanol–water partition coefficient (Wildman–Crippen LogP) is 0.735. The molecule has 4 rings (SSSR count). The Morgan fingerprint density at radius 3 is 2.44 bits per heavy atom. The first-order chi connectivity index (χ1) is 12.0. The number of hydrogen-bond donors (Lipinski definition) is 0. The van der Waals surface area contributed by atoms with E-state index in [1.54, 1.807) is 18.9 Å². The number of amides is 2. The number of likely N-dealkylation sites (tertiary alicyclic amines) is 2. The van der Waals surface area contributed by atoms with Crippen molar-refractivity contribution in [2.45, 2.75) is 63.7 Å². The molecule has 8 heteroatoms. The third-order valence-electron chi connectivity index (χ3n) is 5.99. The van der Waals surface area contributed by atoms with Crippen LogP contribution in [-0.4, -0.2) is 74.9 Å². The monoisotopic (exact) mass is 347 g/mol. The van der Waals surface area contributed by atoms with Gasteiger partial charge in [0, 0.05) is 45.6 Å². The highest BCUT2D eigenvalue weighted by atomic mass is 16.5. The molecule has 0 radical (unpaired) electrons. The fraction of sp³-hybridized carbons (Fsp3) is 0.765. The predicted molar refractivity (Wildman–Crippen MR) is 88.5 cm³/mol. The highest BCUT2D eigenvalue weighted by Crippen LogP contribution is 2.37. The fourth-order valence-electron chi connectivity index (χ4n) is 4.67. The van der Waals surface area contributed by atoms with E-state index in [2.05, 4.69) is 22.0 Å². The Hall–Kier alpha value is -1.96. The molecule has 0 saturated carbocycles. The minimum Gasteiger partial charge on any atom is -0.340 e. The first kappa shape index (κ1) is 16.5. The van der Waals surface area contributed by atoms with Gasteiger partial charge in [0.05, 0.1) is 6.04 Å². The van der Waals surface area contributed by atoms with Crippen LogP contribution >= 0.6 is 0 Å². The number of nitrogens with zero attached hydrogens (tertiary/aromatic N) is 5. The van der Waals surface area contributed by atoms with Gasteiger partial charge in [-0.15, -0.1) is 0 Å². The van der Waals surface area contributed by atoms with Crippen LogP contribution in [0.5, 0.6) is 0 Å². The third-order valence-corrected chi connectivity index (χ3v) is 5.99. The first-order valence-electron chi connectivity index (χ1n) is 9.07. The molecule has 8 nitrogen and oxygen atoms in total. The molecule has 0 aliphatic carbocycles. The van der Waals surface area contributed by atoms with Crippen molar-refractivity contribution in [3.05, 3.63) is 11.7 Å². The summed E-state index contributed by atoms with van der Waals surface area (Å²) in [6.45, 7) is 5.34. The van der Waals surface area contributed by atoms with Crippen molar-refractivity contribution >= 4 is 11.8 Å². The van der Waals surface area contributed by atoms with Crippen molar-refractivity contribution in [1.29, 1.82) is 0 Å². The number of piperazine rings is 1. The summed E-state index contributed by atoms with van der Waals surface area (Å²) < 4.78 is 5.13. The number of aryl methyl sites for hydroxylation is 1. The van der Waals surface area contributed by atoms with Crippen molar-refractivity contribution in [2.75, 3.05) is 20.1 Å². The van der Waals surface area contributed by atoms with Crippen molar-refractivity contribution in [3.8, 4) is 0 Å². The van der Waals surface area contributed by atoms with Crippen molar-refractivity contribution in [2.24, 2.45) is 0 Å². The Labute approximate surface area is 147 Å². The first-order valence-corrected chi connectivity index (χ1v) is 9.07. The number of aromatic nitrogens is 2. The molecule has 4 atom stereocenters. The zero-order chi connectivity index (χ0) is 17.7. The summed E-state index contributed by atoms with van der Waals surface area (Å²) in [5, 5.41) is 4.07. The topological polar surface area (TPSA) is 82.8 Å². The molecule has 0 aromatic carbocycles. The second-order valence-corrected chi connectivity index (χ2v) is 7.48. The van der Waals surface area contributed by atoms with Crippen LogP contribution in [0, 0.1) is 6.92 Å². The zero-order valence-electron chi connectivity index (χ0n) is 15.0. The van der Waals surface area contributed by atoms with E-state index in [1.165, 1.54) is 0 Å². The fourth-order valence-corrected chi connectivity index (χ4v) is 4.67. The maximum Gasteiger partial charge on any atom is 0.245 e. The van der Waals surface area contributed by atoms with E-state index in [0.717, 1.165) is 31.8 Å². The summed E-state index contributed by atoms with van der Waals surface area (Å²) in [5.41, 5.74) is 0. The number of hydrogen-bond acceptors (Lipinski definition) is 6. The van der Waals surface area contributed by atoms with Gasteiger partial charge in [0.2, 0.25) is 17.7 Å².